The summed E-state index contributed by atoms with van der Waals surface area (Å²) in [5.74, 6) is -4.97. The second kappa shape index (κ2) is 12.5. The van der Waals surface area contributed by atoms with Crippen molar-refractivity contribution in [2.45, 2.75) is 152 Å². The van der Waals surface area contributed by atoms with Crippen molar-refractivity contribution in [3.8, 4) is 0 Å². The Morgan fingerprint density at radius 3 is 1.98 bits per heavy atom. The highest BCUT2D eigenvalue weighted by atomic mass is 19.4. The van der Waals surface area contributed by atoms with E-state index in [9.17, 15) is 23.4 Å². The van der Waals surface area contributed by atoms with Gasteiger partial charge >= 0.3 is 6.18 Å². The second-order valence-electron chi connectivity index (χ2n) is 17.1. The van der Waals surface area contributed by atoms with Crippen molar-refractivity contribution in [2.75, 3.05) is 19.8 Å². The Bertz CT molecular complexity index is 1380. The molecule has 9 fully saturated rings. The van der Waals surface area contributed by atoms with E-state index in [-0.39, 0.29) is 41.8 Å². The highest BCUT2D eigenvalue weighted by Gasteiger charge is 2.72. The highest BCUT2D eigenvalue weighted by Crippen LogP contribution is 2.63. The number of hydrogen-bond acceptors (Lipinski definition) is 12. The predicted molar refractivity (Wildman–Crippen MR) is 167 cm³/mol. The van der Waals surface area contributed by atoms with Gasteiger partial charge in [0.05, 0.1) is 19.8 Å². The molecule has 10 aliphatic rings. The van der Waals surface area contributed by atoms with Gasteiger partial charge in [-0.05, 0) is 77.0 Å². The molecule has 12 nitrogen and oxygen atoms in total. The summed E-state index contributed by atoms with van der Waals surface area (Å²) in [5.41, 5.74) is -2.18. The van der Waals surface area contributed by atoms with Gasteiger partial charge in [-0.25, -0.2) is 19.6 Å². The van der Waals surface area contributed by atoms with E-state index in [1.54, 1.807) is 13.8 Å². The quantitative estimate of drug-likeness (QED) is 0.310. The average molecular weight is 735 g/mol. The predicted octanol–water partition coefficient (Wildman–Crippen LogP) is 5.40. The van der Waals surface area contributed by atoms with Crippen LogP contribution < -0.4 is 0 Å². The minimum atomic E-state index is -4.82. The SMILES string of the molecule is C[C@@H]1CC[C@H]2[C@@H](C)[C@@](C)(OC[C@H](O)[C@@H](O)COCC3=C(C(F)(F)F)O[C@@H]4O[C@]5(C)CC[C@H]6[C@H](C)CC[C@@H]3[C@@]46OO5)O[C@@H]3O[C@]4(C)CC[C@@H]1[C@]32OO4. The van der Waals surface area contributed by atoms with E-state index in [0.29, 0.717) is 38.0 Å². The first kappa shape index (κ1) is 36.8. The molecule has 290 valence electrons. The van der Waals surface area contributed by atoms with Gasteiger partial charge in [-0.1, -0.05) is 20.8 Å². The van der Waals surface area contributed by atoms with Gasteiger partial charge < -0.3 is 38.6 Å². The zero-order valence-corrected chi connectivity index (χ0v) is 30.2. The summed E-state index contributed by atoms with van der Waals surface area (Å²) >= 11 is 0. The molecule has 51 heavy (non-hydrogen) atoms. The molecule has 0 radical (unpaired) electrons. The van der Waals surface area contributed by atoms with E-state index in [1.165, 1.54) is 0 Å². The van der Waals surface area contributed by atoms with Crippen LogP contribution in [0.4, 0.5) is 13.2 Å². The molecule has 16 atom stereocenters. The zero-order chi connectivity index (χ0) is 36.4. The van der Waals surface area contributed by atoms with Gasteiger partial charge in [0.2, 0.25) is 23.6 Å². The molecule has 0 aromatic heterocycles. The lowest BCUT2D eigenvalue weighted by atomic mass is 9.57. The Morgan fingerprint density at radius 2 is 1.31 bits per heavy atom. The molecule has 0 unspecified atom stereocenters. The molecular formula is C36H53F3O12. The van der Waals surface area contributed by atoms with Crippen molar-refractivity contribution in [1.82, 2.24) is 0 Å². The maximum absolute atomic E-state index is 14.5. The van der Waals surface area contributed by atoms with Crippen molar-refractivity contribution < 1.29 is 71.4 Å². The van der Waals surface area contributed by atoms with Crippen LogP contribution in [0.2, 0.25) is 0 Å². The molecule has 7 saturated heterocycles. The summed E-state index contributed by atoms with van der Waals surface area (Å²) in [6, 6.07) is 0. The number of fused-ring (bicyclic) bond motifs is 4. The lowest BCUT2D eigenvalue weighted by Crippen LogP contribution is -2.73. The normalized spacial score (nSPS) is 51.5. The summed E-state index contributed by atoms with van der Waals surface area (Å²) in [4.78, 5) is 23.8. The van der Waals surface area contributed by atoms with Crippen LogP contribution in [0.15, 0.2) is 11.3 Å². The van der Waals surface area contributed by atoms with E-state index < -0.39 is 84.4 Å². The van der Waals surface area contributed by atoms with E-state index in [1.807, 2.05) is 13.8 Å². The first-order valence-corrected chi connectivity index (χ1v) is 18.8. The largest absolute Gasteiger partial charge is 0.456 e. The average Bonchev–Trinajstić information content (AvgIpc) is 3.44. The molecule has 0 amide bonds. The van der Waals surface area contributed by atoms with Crippen LogP contribution in [0.3, 0.4) is 0 Å². The molecule has 15 heteroatoms. The lowest BCUT2D eigenvalue weighted by Gasteiger charge is -2.62. The van der Waals surface area contributed by atoms with Gasteiger partial charge in [-0.3, -0.25) is 0 Å². The summed E-state index contributed by atoms with van der Waals surface area (Å²) in [5, 5.41) is 22.0. The molecule has 2 saturated carbocycles. The van der Waals surface area contributed by atoms with Crippen molar-refractivity contribution in [1.29, 1.82) is 0 Å². The topological polar surface area (TPSA) is 133 Å². The molecule has 2 N–H and O–H groups in total. The second-order valence-corrected chi connectivity index (χ2v) is 17.1. The van der Waals surface area contributed by atoms with Gasteiger partial charge in [0.25, 0.3) is 0 Å². The Kier molecular flexibility index (Phi) is 9.00. The number of hydrogen-bond donors (Lipinski definition) is 2. The summed E-state index contributed by atoms with van der Waals surface area (Å²) in [7, 11) is 0. The number of ether oxygens (including phenoxy) is 6. The number of aliphatic hydroxyl groups is 2. The molecule has 8 heterocycles. The van der Waals surface area contributed by atoms with Gasteiger partial charge in [0, 0.05) is 42.1 Å². The van der Waals surface area contributed by atoms with Crippen LogP contribution >= 0.6 is 0 Å². The van der Waals surface area contributed by atoms with E-state index >= 15 is 0 Å². The number of aliphatic hydroxyl groups excluding tert-OH is 2. The Morgan fingerprint density at radius 1 is 0.725 bits per heavy atom. The Balaban J connectivity index is 0.942. The molecule has 2 spiro atoms. The van der Waals surface area contributed by atoms with E-state index in [4.69, 9.17) is 48.0 Å². The standard InChI is InChI=1S/C36H53F3O12/c1-18-7-9-24-20(3)33(6,47-30-34(24)22(18)11-14-32(5,46-30)49-50-34)43-17-27(41)26(40)16-42-15-21-25-10-8-19(2)23-12-13-31(4)45-29(35(23,25)51-48-31)44-28(21)36(37,38)39/h18-20,22-27,29-30,40-41H,7-17H2,1-6H3/t18-,19-,20-,22+,23+,24+,25+,26+,27+,29-,30+,31+,32+,33+,34-,35-/m1/s1. The highest BCUT2D eigenvalue weighted by molar-refractivity contribution is 5.28. The monoisotopic (exact) mass is 734 g/mol. The molecule has 0 aromatic carbocycles. The fraction of sp³-hybridized carbons (Fsp3) is 0.944. The van der Waals surface area contributed by atoms with Gasteiger partial charge in [0.15, 0.2) is 23.3 Å². The lowest BCUT2D eigenvalue weighted by molar-refractivity contribution is -0.586. The first-order valence-electron chi connectivity index (χ1n) is 18.8. The smallest absolute Gasteiger partial charge is 0.449 e. The van der Waals surface area contributed by atoms with Gasteiger partial charge in [-0.15, -0.1) is 0 Å². The van der Waals surface area contributed by atoms with Crippen LogP contribution in [0.1, 0.15) is 92.9 Å². The maximum atomic E-state index is 14.5. The van der Waals surface area contributed by atoms with Crippen LogP contribution in [-0.4, -0.2) is 89.6 Å². The van der Waals surface area contributed by atoms with Crippen LogP contribution in [0, 0.1) is 41.4 Å². The molecular weight excluding hydrogens is 681 g/mol. The van der Waals surface area contributed by atoms with Crippen LogP contribution in [0.25, 0.3) is 0 Å². The first-order chi connectivity index (χ1) is 23.9. The molecule has 4 bridgehead atoms. The molecule has 8 aliphatic heterocycles. The van der Waals surface area contributed by atoms with Crippen molar-refractivity contribution in [3.05, 3.63) is 11.3 Å². The van der Waals surface area contributed by atoms with Crippen LogP contribution in [0.5, 0.6) is 0 Å². The maximum Gasteiger partial charge on any atom is 0.449 e. The Hall–Kier alpha value is -1.11. The third-order valence-corrected chi connectivity index (χ3v) is 14.0. The fourth-order valence-corrected chi connectivity index (χ4v) is 10.9. The summed E-state index contributed by atoms with van der Waals surface area (Å²) < 4.78 is 80.3. The number of rotatable bonds is 8. The molecule has 2 aliphatic carbocycles. The van der Waals surface area contributed by atoms with Gasteiger partial charge in [0.1, 0.15) is 12.2 Å². The minimum Gasteiger partial charge on any atom is -0.456 e. The fourth-order valence-electron chi connectivity index (χ4n) is 10.9. The summed E-state index contributed by atoms with van der Waals surface area (Å²) in [6.45, 7) is 10.3. The van der Waals surface area contributed by atoms with Crippen LogP contribution in [-0.2, 0) is 48.0 Å². The number of allylic oxidation sites excluding steroid dienone is 1. The molecule has 10 rings (SSSR count). The summed E-state index contributed by atoms with van der Waals surface area (Å²) in [6.07, 6.45) is -4.21. The van der Waals surface area contributed by atoms with E-state index in [0.717, 1.165) is 19.3 Å². The number of alkyl halides is 3. The zero-order valence-electron chi connectivity index (χ0n) is 30.2. The number of halogens is 3. The van der Waals surface area contributed by atoms with Gasteiger partial charge in [-0.2, -0.15) is 13.2 Å². The molecule has 0 aromatic rings. The van der Waals surface area contributed by atoms with E-state index in [2.05, 4.69) is 13.8 Å². The Labute approximate surface area is 296 Å². The van der Waals surface area contributed by atoms with Crippen molar-refractivity contribution in [3.63, 3.8) is 0 Å². The third kappa shape index (κ3) is 5.65. The van der Waals surface area contributed by atoms with Crippen molar-refractivity contribution >= 4 is 0 Å². The van der Waals surface area contributed by atoms with Crippen molar-refractivity contribution in [2.24, 2.45) is 41.4 Å². The minimum absolute atomic E-state index is 0.0168. The third-order valence-electron chi connectivity index (χ3n) is 14.0.